The van der Waals surface area contributed by atoms with Crippen molar-refractivity contribution in [3.63, 3.8) is 0 Å². The number of morpholine rings is 1. The molecule has 1 fully saturated rings. The Morgan fingerprint density at radius 1 is 1.11 bits per heavy atom. The summed E-state index contributed by atoms with van der Waals surface area (Å²) in [6.07, 6.45) is -1.87. The third-order valence-electron chi connectivity index (χ3n) is 5.75. The van der Waals surface area contributed by atoms with E-state index >= 15 is 0 Å². The summed E-state index contributed by atoms with van der Waals surface area (Å²) in [4.78, 5) is 30.8. The number of hydrogen-bond acceptors (Lipinski definition) is 6. The molecule has 2 N–H and O–H groups in total. The molecule has 0 radical (unpaired) electrons. The average Bonchev–Trinajstić information content (AvgIpc) is 3.33. The van der Waals surface area contributed by atoms with E-state index in [4.69, 9.17) is 14.7 Å². The van der Waals surface area contributed by atoms with Crippen LogP contribution < -0.4 is 10.2 Å². The number of aryl methyl sites for hydroxylation is 1. The molecule has 4 heterocycles. The van der Waals surface area contributed by atoms with Gasteiger partial charge in [0.15, 0.2) is 11.6 Å². The van der Waals surface area contributed by atoms with Gasteiger partial charge in [0.05, 0.1) is 18.7 Å². The van der Waals surface area contributed by atoms with Gasteiger partial charge in [0.1, 0.15) is 11.2 Å². The number of fused-ring (bicyclic) bond motifs is 1. The lowest BCUT2D eigenvalue weighted by Crippen LogP contribution is -2.37. The molecule has 35 heavy (non-hydrogen) atoms. The molecule has 3 aromatic heterocycles. The van der Waals surface area contributed by atoms with Crippen LogP contribution >= 0.6 is 0 Å². The van der Waals surface area contributed by atoms with Crippen LogP contribution in [-0.2, 0) is 10.9 Å². The fraction of sp³-hybridized carbons (Fsp3) is 0.250. The number of aromatic amines is 1. The number of amides is 1. The van der Waals surface area contributed by atoms with Crippen LogP contribution in [0.1, 0.15) is 21.6 Å². The quantitative estimate of drug-likeness (QED) is 0.447. The topological polar surface area (TPSA) is 96.0 Å². The minimum absolute atomic E-state index is 0.144. The second-order valence-corrected chi connectivity index (χ2v) is 8.12. The molecule has 1 amide bonds. The minimum atomic E-state index is -4.64. The first-order chi connectivity index (χ1) is 16.8. The normalized spacial score (nSPS) is 14.3. The van der Waals surface area contributed by atoms with E-state index in [0.717, 1.165) is 34.7 Å². The van der Waals surface area contributed by atoms with Crippen molar-refractivity contribution >= 4 is 28.4 Å². The molecule has 0 aliphatic carbocycles. The standard InChI is InChI=1S/C24H21F3N6O2/c1-14-2-3-16(30-23(34)15-4-6-28-19(12-15)24(25,26)27)13-17(14)21-31-18-5-7-29-20(18)22(32-21)33-8-10-35-11-9-33/h2-7,12-13,29H,8-11H2,1H3,(H,30,34). The van der Waals surface area contributed by atoms with Gasteiger partial charge in [-0.15, -0.1) is 0 Å². The third-order valence-corrected chi connectivity index (χ3v) is 5.75. The van der Waals surface area contributed by atoms with Gasteiger partial charge in [0, 0.05) is 42.3 Å². The molecule has 180 valence electrons. The number of H-pyrrole nitrogens is 1. The minimum Gasteiger partial charge on any atom is -0.378 e. The van der Waals surface area contributed by atoms with Crippen LogP contribution in [0, 0.1) is 6.92 Å². The Bertz CT molecular complexity index is 1400. The summed E-state index contributed by atoms with van der Waals surface area (Å²) >= 11 is 0. The summed E-state index contributed by atoms with van der Waals surface area (Å²) in [6.45, 7) is 4.51. The number of carbonyl (C=O) groups is 1. The zero-order valence-electron chi connectivity index (χ0n) is 18.7. The van der Waals surface area contributed by atoms with Crippen LogP contribution in [-0.4, -0.2) is 52.1 Å². The summed E-state index contributed by atoms with van der Waals surface area (Å²) in [5, 5.41) is 2.66. The number of halogens is 3. The van der Waals surface area contributed by atoms with Crippen molar-refractivity contribution in [2.45, 2.75) is 13.1 Å². The van der Waals surface area contributed by atoms with Gasteiger partial charge in [-0.05, 0) is 42.8 Å². The molecule has 0 unspecified atom stereocenters. The fourth-order valence-corrected chi connectivity index (χ4v) is 3.92. The van der Waals surface area contributed by atoms with Crippen LogP contribution in [0.3, 0.4) is 0 Å². The molecular formula is C24H21F3N6O2. The zero-order valence-corrected chi connectivity index (χ0v) is 18.7. The van der Waals surface area contributed by atoms with Gasteiger partial charge in [-0.25, -0.2) is 9.97 Å². The molecular weight excluding hydrogens is 461 g/mol. The molecule has 0 spiro atoms. The number of benzene rings is 1. The smallest absolute Gasteiger partial charge is 0.378 e. The molecule has 8 nitrogen and oxygen atoms in total. The van der Waals surface area contributed by atoms with Crippen molar-refractivity contribution in [2.24, 2.45) is 0 Å². The largest absolute Gasteiger partial charge is 0.433 e. The summed E-state index contributed by atoms with van der Waals surface area (Å²) in [6, 6.07) is 9.03. The number of nitrogens with zero attached hydrogens (tertiary/aromatic N) is 4. The van der Waals surface area contributed by atoms with E-state index in [1.165, 1.54) is 6.07 Å². The lowest BCUT2D eigenvalue weighted by molar-refractivity contribution is -0.141. The fourth-order valence-electron chi connectivity index (χ4n) is 3.92. The van der Waals surface area contributed by atoms with Gasteiger partial charge in [0.2, 0.25) is 0 Å². The Morgan fingerprint density at radius 3 is 2.69 bits per heavy atom. The predicted octanol–water partition coefficient (Wildman–Crippen LogP) is 4.44. The number of alkyl halides is 3. The highest BCUT2D eigenvalue weighted by molar-refractivity contribution is 6.04. The van der Waals surface area contributed by atoms with Crippen LogP contribution in [0.4, 0.5) is 24.7 Å². The SMILES string of the molecule is Cc1ccc(NC(=O)c2ccnc(C(F)(F)F)c2)cc1-c1nc(N2CCOCC2)c2[nH]ccc2n1. The maximum atomic E-state index is 13.0. The monoisotopic (exact) mass is 482 g/mol. The first-order valence-electron chi connectivity index (χ1n) is 10.9. The van der Waals surface area contributed by atoms with Gasteiger partial charge in [-0.1, -0.05) is 6.07 Å². The molecule has 0 saturated carbocycles. The van der Waals surface area contributed by atoms with E-state index < -0.39 is 17.8 Å². The first-order valence-corrected chi connectivity index (χ1v) is 10.9. The van der Waals surface area contributed by atoms with Crippen molar-refractivity contribution in [2.75, 3.05) is 36.5 Å². The van der Waals surface area contributed by atoms with Crippen molar-refractivity contribution in [3.05, 3.63) is 65.6 Å². The summed E-state index contributed by atoms with van der Waals surface area (Å²) in [5.74, 6) is 0.572. The van der Waals surface area contributed by atoms with Gasteiger partial charge >= 0.3 is 6.18 Å². The molecule has 5 rings (SSSR count). The van der Waals surface area contributed by atoms with Crippen molar-refractivity contribution in [1.29, 1.82) is 0 Å². The summed E-state index contributed by atoms with van der Waals surface area (Å²) in [7, 11) is 0. The maximum absolute atomic E-state index is 13.0. The molecule has 1 saturated heterocycles. The number of pyridine rings is 1. The van der Waals surface area contributed by atoms with Gasteiger partial charge in [-0.3, -0.25) is 9.78 Å². The second-order valence-electron chi connectivity index (χ2n) is 8.12. The number of hydrogen-bond donors (Lipinski definition) is 2. The van der Waals surface area contributed by atoms with E-state index in [1.807, 2.05) is 13.0 Å². The van der Waals surface area contributed by atoms with Crippen molar-refractivity contribution in [3.8, 4) is 11.4 Å². The average molecular weight is 482 g/mol. The van der Waals surface area contributed by atoms with Crippen LogP contribution in [0.2, 0.25) is 0 Å². The Labute approximate surface area is 198 Å². The molecule has 0 atom stereocenters. The van der Waals surface area contributed by atoms with Crippen molar-refractivity contribution in [1.82, 2.24) is 19.9 Å². The van der Waals surface area contributed by atoms with E-state index in [0.29, 0.717) is 43.4 Å². The van der Waals surface area contributed by atoms with Gasteiger partial charge in [-0.2, -0.15) is 13.2 Å². The molecule has 0 bridgehead atoms. The summed E-state index contributed by atoms with van der Waals surface area (Å²) in [5.41, 5.74) is 2.30. The number of anilines is 2. The van der Waals surface area contributed by atoms with Crippen LogP contribution in [0.5, 0.6) is 0 Å². The summed E-state index contributed by atoms with van der Waals surface area (Å²) < 4.78 is 44.4. The molecule has 4 aromatic rings. The van der Waals surface area contributed by atoms with Crippen LogP contribution in [0.15, 0.2) is 48.8 Å². The molecule has 11 heteroatoms. The molecule has 1 aromatic carbocycles. The van der Waals surface area contributed by atoms with E-state index in [1.54, 1.807) is 24.4 Å². The number of ether oxygens (including phenoxy) is 1. The van der Waals surface area contributed by atoms with E-state index in [-0.39, 0.29) is 5.56 Å². The highest BCUT2D eigenvalue weighted by atomic mass is 19.4. The van der Waals surface area contributed by atoms with Crippen molar-refractivity contribution < 1.29 is 22.7 Å². The van der Waals surface area contributed by atoms with Crippen LogP contribution in [0.25, 0.3) is 22.4 Å². The van der Waals surface area contributed by atoms with Gasteiger partial charge < -0.3 is 19.9 Å². The van der Waals surface area contributed by atoms with E-state index in [9.17, 15) is 18.0 Å². The Balaban J connectivity index is 1.48. The maximum Gasteiger partial charge on any atom is 0.433 e. The van der Waals surface area contributed by atoms with E-state index in [2.05, 4.69) is 20.2 Å². The molecule has 1 aliphatic rings. The molecule has 1 aliphatic heterocycles. The lowest BCUT2D eigenvalue weighted by Gasteiger charge is -2.28. The first kappa shape index (κ1) is 22.8. The highest BCUT2D eigenvalue weighted by Gasteiger charge is 2.33. The lowest BCUT2D eigenvalue weighted by atomic mass is 10.1. The Hall–Kier alpha value is -3.99. The Kier molecular flexibility index (Phi) is 5.85. The second kappa shape index (κ2) is 8.99. The number of aromatic nitrogens is 4. The Morgan fingerprint density at radius 2 is 1.91 bits per heavy atom. The predicted molar refractivity (Wildman–Crippen MR) is 124 cm³/mol. The highest BCUT2D eigenvalue weighted by Crippen LogP contribution is 2.31. The third kappa shape index (κ3) is 4.67. The number of rotatable bonds is 4. The number of carbonyl (C=O) groups excluding carboxylic acids is 1. The van der Waals surface area contributed by atoms with Gasteiger partial charge in [0.25, 0.3) is 5.91 Å². The number of nitrogens with one attached hydrogen (secondary N) is 2. The zero-order chi connectivity index (χ0) is 24.6.